The zero-order chi connectivity index (χ0) is 14.7. The average Bonchev–Trinajstić information content (AvgIpc) is 2.46. The third-order valence-electron chi connectivity index (χ3n) is 4.10. The largest absolute Gasteiger partial charge is 0.388 e. The third-order valence-corrected chi connectivity index (χ3v) is 4.10. The molecule has 0 saturated heterocycles. The van der Waals surface area contributed by atoms with Gasteiger partial charge < -0.3 is 10.4 Å². The van der Waals surface area contributed by atoms with Gasteiger partial charge in [0.05, 0.1) is 12.1 Å². The van der Waals surface area contributed by atoms with Crippen molar-refractivity contribution in [1.29, 1.82) is 0 Å². The molecule has 1 aliphatic rings. The highest BCUT2D eigenvalue weighted by Crippen LogP contribution is 2.32. The summed E-state index contributed by atoms with van der Waals surface area (Å²) in [7, 11) is 0. The fourth-order valence-corrected chi connectivity index (χ4v) is 2.75. The van der Waals surface area contributed by atoms with E-state index in [0.29, 0.717) is 6.42 Å². The van der Waals surface area contributed by atoms with Gasteiger partial charge in [0.15, 0.2) is 0 Å². The van der Waals surface area contributed by atoms with Gasteiger partial charge in [-0.2, -0.15) is 0 Å². The van der Waals surface area contributed by atoms with E-state index < -0.39 is 6.10 Å². The number of amides is 1. The number of carbonyl (C=O) groups excluding carboxylic acids is 1. The van der Waals surface area contributed by atoms with Gasteiger partial charge in [-0.05, 0) is 42.4 Å². The Morgan fingerprint density at radius 2 is 2.20 bits per heavy atom. The number of hydrogen-bond donors (Lipinski definition) is 2. The van der Waals surface area contributed by atoms with Crippen LogP contribution in [0.4, 0.5) is 0 Å². The second-order valence-corrected chi connectivity index (χ2v) is 5.99. The molecule has 1 aromatic carbocycles. The van der Waals surface area contributed by atoms with Gasteiger partial charge in [0.25, 0.3) is 0 Å². The van der Waals surface area contributed by atoms with Gasteiger partial charge in [0, 0.05) is 5.92 Å². The van der Waals surface area contributed by atoms with Gasteiger partial charge in [-0.15, -0.1) is 0 Å². The highest BCUT2D eigenvalue weighted by molar-refractivity contribution is 5.78. The SMILES string of the molecule is CCC(O)c1ccc2c(c1)C(NC(=O)C(C)C)CCC2. The number of carbonyl (C=O) groups is 1. The fraction of sp³-hybridized carbons (Fsp3) is 0.588. The summed E-state index contributed by atoms with van der Waals surface area (Å²) in [5.41, 5.74) is 3.45. The first-order valence-electron chi connectivity index (χ1n) is 7.64. The summed E-state index contributed by atoms with van der Waals surface area (Å²) in [4.78, 5) is 11.9. The number of hydrogen-bond acceptors (Lipinski definition) is 2. The van der Waals surface area contributed by atoms with Crippen molar-refractivity contribution in [1.82, 2.24) is 5.32 Å². The van der Waals surface area contributed by atoms with Crippen molar-refractivity contribution in [3.05, 3.63) is 34.9 Å². The summed E-state index contributed by atoms with van der Waals surface area (Å²) in [6.45, 7) is 5.80. The topological polar surface area (TPSA) is 49.3 Å². The van der Waals surface area contributed by atoms with Crippen molar-refractivity contribution in [3.63, 3.8) is 0 Å². The molecule has 0 fully saturated rings. The lowest BCUT2D eigenvalue weighted by molar-refractivity contribution is -0.124. The van der Waals surface area contributed by atoms with E-state index in [1.807, 2.05) is 26.8 Å². The summed E-state index contributed by atoms with van der Waals surface area (Å²) in [6.07, 6.45) is 3.44. The van der Waals surface area contributed by atoms with E-state index in [9.17, 15) is 9.90 Å². The minimum Gasteiger partial charge on any atom is -0.388 e. The van der Waals surface area contributed by atoms with Crippen LogP contribution >= 0.6 is 0 Å². The minimum absolute atomic E-state index is 0.00444. The second kappa shape index (κ2) is 6.40. The monoisotopic (exact) mass is 275 g/mol. The first-order chi connectivity index (χ1) is 9.52. The normalized spacial score (nSPS) is 19.6. The van der Waals surface area contributed by atoms with Crippen molar-refractivity contribution in [2.24, 2.45) is 5.92 Å². The van der Waals surface area contributed by atoms with E-state index in [1.165, 1.54) is 11.1 Å². The van der Waals surface area contributed by atoms with Crippen LogP contribution in [0.1, 0.15) is 68.9 Å². The Labute approximate surface area is 121 Å². The molecule has 0 radical (unpaired) electrons. The quantitative estimate of drug-likeness (QED) is 0.886. The lowest BCUT2D eigenvalue weighted by Crippen LogP contribution is -2.33. The van der Waals surface area contributed by atoms with Crippen molar-refractivity contribution in [2.45, 2.75) is 58.6 Å². The van der Waals surface area contributed by atoms with E-state index in [2.05, 4.69) is 17.4 Å². The number of nitrogens with one attached hydrogen (secondary N) is 1. The van der Waals surface area contributed by atoms with Crippen molar-refractivity contribution in [3.8, 4) is 0 Å². The van der Waals surface area contributed by atoms with Crippen LogP contribution in [0, 0.1) is 5.92 Å². The molecule has 0 saturated carbocycles. The van der Waals surface area contributed by atoms with Gasteiger partial charge in [0.2, 0.25) is 5.91 Å². The maximum absolute atomic E-state index is 11.9. The highest BCUT2D eigenvalue weighted by atomic mass is 16.3. The van der Waals surface area contributed by atoms with E-state index in [0.717, 1.165) is 24.8 Å². The first-order valence-corrected chi connectivity index (χ1v) is 7.64. The predicted octanol–water partition coefficient (Wildman–Crippen LogP) is 3.28. The molecule has 1 aliphatic carbocycles. The Kier molecular flexibility index (Phi) is 4.81. The van der Waals surface area contributed by atoms with Crippen LogP contribution in [0.15, 0.2) is 18.2 Å². The molecule has 2 N–H and O–H groups in total. The van der Waals surface area contributed by atoms with E-state index >= 15 is 0 Å². The first kappa shape index (κ1) is 15.0. The van der Waals surface area contributed by atoms with Crippen molar-refractivity contribution < 1.29 is 9.90 Å². The van der Waals surface area contributed by atoms with Gasteiger partial charge in [-0.25, -0.2) is 0 Å². The maximum Gasteiger partial charge on any atom is 0.223 e. The molecule has 2 atom stereocenters. The highest BCUT2D eigenvalue weighted by Gasteiger charge is 2.23. The molecule has 3 nitrogen and oxygen atoms in total. The Balaban J connectivity index is 2.26. The van der Waals surface area contributed by atoms with Crippen LogP contribution in [0.5, 0.6) is 0 Å². The summed E-state index contributed by atoms with van der Waals surface area (Å²) >= 11 is 0. The van der Waals surface area contributed by atoms with Crippen LogP contribution in [0.3, 0.4) is 0 Å². The molecule has 110 valence electrons. The third kappa shape index (κ3) is 3.21. The minimum atomic E-state index is -0.413. The Hall–Kier alpha value is -1.35. The number of aliphatic hydroxyl groups is 1. The molecule has 0 bridgehead atoms. The van der Waals surface area contributed by atoms with Gasteiger partial charge in [0.1, 0.15) is 0 Å². The Morgan fingerprint density at radius 1 is 1.45 bits per heavy atom. The van der Waals surface area contributed by atoms with E-state index in [-0.39, 0.29) is 17.9 Å². The lowest BCUT2D eigenvalue weighted by atomic mass is 9.85. The average molecular weight is 275 g/mol. The van der Waals surface area contributed by atoms with E-state index in [1.54, 1.807) is 0 Å². The molecule has 1 amide bonds. The van der Waals surface area contributed by atoms with Crippen LogP contribution < -0.4 is 5.32 Å². The number of aryl methyl sites for hydroxylation is 1. The molecule has 2 unspecified atom stereocenters. The Morgan fingerprint density at radius 3 is 2.85 bits per heavy atom. The van der Waals surface area contributed by atoms with Gasteiger partial charge in [-0.1, -0.05) is 39.0 Å². The van der Waals surface area contributed by atoms with Gasteiger partial charge >= 0.3 is 0 Å². The number of fused-ring (bicyclic) bond motifs is 1. The zero-order valence-electron chi connectivity index (χ0n) is 12.6. The molecule has 2 rings (SSSR count). The lowest BCUT2D eigenvalue weighted by Gasteiger charge is -2.28. The fourth-order valence-electron chi connectivity index (χ4n) is 2.75. The van der Waals surface area contributed by atoms with E-state index in [4.69, 9.17) is 0 Å². The predicted molar refractivity (Wildman–Crippen MR) is 80.4 cm³/mol. The summed E-state index contributed by atoms with van der Waals surface area (Å²) < 4.78 is 0. The Bertz CT molecular complexity index is 482. The number of benzene rings is 1. The molecular weight excluding hydrogens is 250 g/mol. The zero-order valence-corrected chi connectivity index (χ0v) is 12.6. The molecule has 20 heavy (non-hydrogen) atoms. The summed E-state index contributed by atoms with van der Waals surface area (Å²) in [5.74, 6) is 0.106. The molecule has 3 heteroatoms. The summed E-state index contributed by atoms with van der Waals surface area (Å²) in [6, 6.07) is 6.29. The van der Waals surface area contributed by atoms with Crippen molar-refractivity contribution >= 4 is 5.91 Å². The number of aliphatic hydroxyl groups excluding tert-OH is 1. The molecule has 0 spiro atoms. The second-order valence-electron chi connectivity index (χ2n) is 5.99. The van der Waals surface area contributed by atoms with Crippen LogP contribution in [-0.4, -0.2) is 11.0 Å². The maximum atomic E-state index is 11.9. The standard InChI is InChI=1S/C17H25NO2/c1-4-16(19)13-9-8-12-6-5-7-15(14(12)10-13)18-17(20)11(2)3/h8-11,15-16,19H,4-7H2,1-3H3,(H,18,20). The van der Waals surface area contributed by atoms with Crippen LogP contribution in [0.2, 0.25) is 0 Å². The molecule has 0 heterocycles. The van der Waals surface area contributed by atoms with Crippen LogP contribution in [-0.2, 0) is 11.2 Å². The smallest absolute Gasteiger partial charge is 0.223 e. The molecular formula is C17H25NO2. The van der Waals surface area contributed by atoms with Crippen LogP contribution in [0.25, 0.3) is 0 Å². The van der Waals surface area contributed by atoms with Gasteiger partial charge in [-0.3, -0.25) is 4.79 Å². The molecule has 0 aromatic heterocycles. The number of rotatable bonds is 4. The molecule has 1 aromatic rings. The molecule has 0 aliphatic heterocycles. The van der Waals surface area contributed by atoms with Crippen molar-refractivity contribution in [2.75, 3.05) is 0 Å². The summed E-state index contributed by atoms with van der Waals surface area (Å²) in [5, 5.41) is 13.1.